The van der Waals surface area contributed by atoms with Crippen LogP contribution < -0.4 is 0 Å². The van der Waals surface area contributed by atoms with Gasteiger partial charge in [-0.2, -0.15) is 0 Å². The molecule has 0 heterocycles. The van der Waals surface area contributed by atoms with Crippen LogP contribution in [0.1, 0.15) is 30.1 Å². The lowest BCUT2D eigenvalue weighted by Gasteiger charge is -2.06. The van der Waals surface area contributed by atoms with Crippen molar-refractivity contribution in [3.05, 3.63) is 42.0 Å². The van der Waals surface area contributed by atoms with Gasteiger partial charge in [-0.25, -0.2) is 4.79 Å². The zero-order valence-corrected chi connectivity index (χ0v) is 11.2. The SMILES string of the molecule is CCC=CC=CCCOC(=O)c1cc(O)c(O)c(O)c1. The van der Waals surface area contributed by atoms with E-state index in [1.807, 2.05) is 31.2 Å². The number of esters is 1. The summed E-state index contributed by atoms with van der Waals surface area (Å²) in [5.74, 6) is -2.47. The maximum absolute atomic E-state index is 11.6. The van der Waals surface area contributed by atoms with Crippen molar-refractivity contribution < 1.29 is 24.9 Å². The number of hydrogen-bond acceptors (Lipinski definition) is 5. The number of carbonyl (C=O) groups excluding carboxylic acids is 1. The monoisotopic (exact) mass is 278 g/mol. The van der Waals surface area contributed by atoms with Gasteiger partial charge in [-0.3, -0.25) is 0 Å². The topological polar surface area (TPSA) is 87.0 Å². The van der Waals surface area contributed by atoms with Crippen molar-refractivity contribution >= 4 is 5.97 Å². The molecule has 5 nitrogen and oxygen atoms in total. The van der Waals surface area contributed by atoms with Gasteiger partial charge in [-0.05, 0) is 25.0 Å². The molecule has 0 aliphatic heterocycles. The minimum atomic E-state index is -0.673. The Morgan fingerprint density at radius 1 is 1.15 bits per heavy atom. The Balaban J connectivity index is 2.48. The molecule has 0 saturated heterocycles. The molecule has 3 N–H and O–H groups in total. The molecule has 0 spiro atoms. The highest BCUT2D eigenvalue weighted by Crippen LogP contribution is 2.35. The predicted molar refractivity (Wildman–Crippen MR) is 74.9 cm³/mol. The molecule has 0 atom stereocenters. The predicted octanol–water partition coefficient (Wildman–Crippen LogP) is 2.87. The molecule has 0 aliphatic rings. The largest absolute Gasteiger partial charge is 0.504 e. The van der Waals surface area contributed by atoms with E-state index >= 15 is 0 Å². The molecule has 0 aliphatic carbocycles. The summed E-state index contributed by atoms with van der Waals surface area (Å²) in [6.45, 7) is 2.23. The van der Waals surface area contributed by atoms with E-state index in [0.717, 1.165) is 18.6 Å². The Kier molecular flexibility index (Phi) is 6.16. The summed E-state index contributed by atoms with van der Waals surface area (Å²) < 4.78 is 4.97. The highest BCUT2D eigenvalue weighted by Gasteiger charge is 2.14. The van der Waals surface area contributed by atoms with Gasteiger partial charge in [0.25, 0.3) is 0 Å². The standard InChI is InChI=1S/C15H18O5/c1-2-3-4-5-6-7-8-20-15(19)11-9-12(16)14(18)13(17)10-11/h3-6,9-10,16-18H,2,7-8H2,1H3. The van der Waals surface area contributed by atoms with E-state index in [9.17, 15) is 15.0 Å². The van der Waals surface area contributed by atoms with Crippen molar-refractivity contribution in [2.75, 3.05) is 6.61 Å². The third-order valence-corrected chi connectivity index (χ3v) is 2.44. The fourth-order valence-corrected chi connectivity index (χ4v) is 1.41. The van der Waals surface area contributed by atoms with Crippen LogP contribution in [0.25, 0.3) is 0 Å². The first-order valence-corrected chi connectivity index (χ1v) is 6.30. The van der Waals surface area contributed by atoms with E-state index in [1.54, 1.807) is 0 Å². The molecule has 20 heavy (non-hydrogen) atoms. The first kappa shape index (κ1) is 15.6. The van der Waals surface area contributed by atoms with Crippen molar-refractivity contribution in [3.63, 3.8) is 0 Å². The summed E-state index contributed by atoms with van der Waals surface area (Å²) in [7, 11) is 0. The lowest BCUT2D eigenvalue weighted by molar-refractivity contribution is 0.0510. The zero-order valence-electron chi connectivity index (χ0n) is 11.2. The van der Waals surface area contributed by atoms with Crippen LogP contribution in [0.4, 0.5) is 0 Å². The fraction of sp³-hybridized carbons (Fsp3) is 0.267. The van der Waals surface area contributed by atoms with Crippen molar-refractivity contribution in [3.8, 4) is 17.2 Å². The van der Waals surface area contributed by atoms with Crippen LogP contribution in [-0.2, 0) is 4.74 Å². The molecule has 0 fully saturated rings. The number of benzene rings is 1. The summed E-state index contributed by atoms with van der Waals surface area (Å²) >= 11 is 0. The maximum atomic E-state index is 11.6. The second kappa shape index (κ2) is 7.89. The summed E-state index contributed by atoms with van der Waals surface area (Å²) in [5, 5.41) is 27.7. The second-order valence-electron chi connectivity index (χ2n) is 4.05. The third-order valence-electron chi connectivity index (χ3n) is 2.44. The average Bonchev–Trinajstić information content (AvgIpc) is 2.43. The molecule has 5 heteroatoms. The lowest BCUT2D eigenvalue weighted by Crippen LogP contribution is -2.05. The van der Waals surface area contributed by atoms with Crippen molar-refractivity contribution in [2.45, 2.75) is 19.8 Å². The number of aromatic hydroxyl groups is 3. The molecule has 1 aromatic carbocycles. The van der Waals surface area contributed by atoms with Crippen molar-refractivity contribution in [1.82, 2.24) is 0 Å². The summed E-state index contributed by atoms with van der Waals surface area (Å²) in [4.78, 5) is 11.6. The number of phenols is 3. The molecular weight excluding hydrogens is 260 g/mol. The van der Waals surface area contributed by atoms with Crippen molar-refractivity contribution in [1.29, 1.82) is 0 Å². The fourth-order valence-electron chi connectivity index (χ4n) is 1.41. The Morgan fingerprint density at radius 2 is 1.75 bits per heavy atom. The zero-order chi connectivity index (χ0) is 15.0. The number of ether oxygens (including phenoxy) is 1. The third kappa shape index (κ3) is 4.68. The summed E-state index contributed by atoms with van der Waals surface area (Å²) in [6.07, 6.45) is 9.19. The van der Waals surface area contributed by atoms with Crippen LogP contribution in [0.2, 0.25) is 0 Å². The Bertz CT molecular complexity index is 494. The molecule has 0 unspecified atom stereocenters. The molecule has 0 amide bonds. The summed E-state index contributed by atoms with van der Waals surface area (Å²) in [6, 6.07) is 2.08. The maximum Gasteiger partial charge on any atom is 0.338 e. The van der Waals surface area contributed by atoms with Crippen LogP contribution in [0, 0.1) is 0 Å². The van der Waals surface area contributed by atoms with Gasteiger partial charge < -0.3 is 20.1 Å². The average molecular weight is 278 g/mol. The molecule has 0 bridgehead atoms. The van der Waals surface area contributed by atoms with E-state index in [2.05, 4.69) is 0 Å². The van der Waals surface area contributed by atoms with Crippen molar-refractivity contribution in [2.24, 2.45) is 0 Å². The van der Waals surface area contributed by atoms with Gasteiger partial charge in [0.1, 0.15) is 0 Å². The van der Waals surface area contributed by atoms with Gasteiger partial charge in [0.2, 0.25) is 0 Å². The Labute approximate surface area is 117 Å². The first-order chi connectivity index (χ1) is 9.56. The van der Waals surface area contributed by atoms with Crippen LogP contribution >= 0.6 is 0 Å². The van der Waals surface area contributed by atoms with Gasteiger partial charge in [-0.1, -0.05) is 31.2 Å². The molecule has 0 saturated carbocycles. The molecule has 1 aromatic rings. The molecule has 108 valence electrons. The van der Waals surface area contributed by atoms with E-state index in [-0.39, 0.29) is 12.2 Å². The Hall–Kier alpha value is -2.43. The van der Waals surface area contributed by atoms with Gasteiger partial charge in [0, 0.05) is 0 Å². The Morgan fingerprint density at radius 3 is 2.35 bits per heavy atom. The number of phenolic OH excluding ortho intramolecular Hbond substituents is 3. The van der Waals surface area contributed by atoms with Crippen LogP contribution in [0.15, 0.2) is 36.4 Å². The quantitative estimate of drug-likeness (QED) is 0.322. The number of rotatable bonds is 6. The van der Waals surface area contributed by atoms with Crippen LogP contribution in [-0.4, -0.2) is 27.9 Å². The van der Waals surface area contributed by atoms with Crippen LogP contribution in [0.5, 0.6) is 17.2 Å². The minimum absolute atomic E-state index is 0.0207. The van der Waals surface area contributed by atoms with Gasteiger partial charge in [-0.15, -0.1) is 0 Å². The van der Waals surface area contributed by atoms with Gasteiger partial charge in [0.15, 0.2) is 17.2 Å². The second-order valence-corrected chi connectivity index (χ2v) is 4.05. The van der Waals surface area contributed by atoms with E-state index in [4.69, 9.17) is 9.84 Å². The van der Waals surface area contributed by atoms with Crippen LogP contribution in [0.3, 0.4) is 0 Å². The highest BCUT2D eigenvalue weighted by molar-refractivity contribution is 5.91. The minimum Gasteiger partial charge on any atom is -0.504 e. The number of allylic oxidation sites excluding steroid dienone is 3. The molecule has 1 rings (SSSR count). The number of carbonyl (C=O) groups is 1. The summed E-state index contributed by atoms with van der Waals surface area (Å²) in [5.41, 5.74) is -0.0207. The lowest BCUT2D eigenvalue weighted by atomic mass is 10.2. The highest BCUT2D eigenvalue weighted by atomic mass is 16.5. The van der Waals surface area contributed by atoms with E-state index in [1.165, 1.54) is 0 Å². The molecule has 0 aromatic heterocycles. The normalized spacial score (nSPS) is 11.2. The van der Waals surface area contributed by atoms with Gasteiger partial charge >= 0.3 is 5.97 Å². The van der Waals surface area contributed by atoms with E-state index < -0.39 is 23.2 Å². The molecular formula is C15H18O5. The van der Waals surface area contributed by atoms with E-state index in [0.29, 0.717) is 6.42 Å². The molecule has 0 radical (unpaired) electrons. The number of hydrogen-bond donors (Lipinski definition) is 3. The van der Waals surface area contributed by atoms with Gasteiger partial charge in [0.05, 0.1) is 12.2 Å². The smallest absolute Gasteiger partial charge is 0.338 e. The first-order valence-electron chi connectivity index (χ1n) is 6.30.